The van der Waals surface area contributed by atoms with Crippen molar-refractivity contribution < 1.29 is 14.3 Å². The van der Waals surface area contributed by atoms with Crippen molar-refractivity contribution >= 4 is 11.8 Å². The fraction of sp³-hybridized carbons (Fsp3) is 0.412. The molecule has 0 aliphatic heterocycles. The van der Waals surface area contributed by atoms with Gasteiger partial charge in [0, 0.05) is 6.42 Å². The van der Waals surface area contributed by atoms with Crippen molar-refractivity contribution in [2.75, 3.05) is 6.61 Å². The first-order chi connectivity index (χ1) is 10.7. The summed E-state index contributed by atoms with van der Waals surface area (Å²) in [5, 5.41) is 0. The van der Waals surface area contributed by atoms with E-state index in [0.29, 0.717) is 12.2 Å². The van der Waals surface area contributed by atoms with E-state index in [1.54, 1.807) is 0 Å². The summed E-state index contributed by atoms with van der Waals surface area (Å²) in [6.07, 6.45) is 7.50. The van der Waals surface area contributed by atoms with Crippen LogP contribution in [0.25, 0.3) is 0 Å². The molecule has 2 rings (SSSR count). The summed E-state index contributed by atoms with van der Waals surface area (Å²) in [6.45, 7) is 1.95. The van der Waals surface area contributed by atoms with Gasteiger partial charge in [0.15, 0.2) is 6.61 Å². The Morgan fingerprint density at radius 3 is 2.55 bits per heavy atom. The van der Waals surface area contributed by atoms with Gasteiger partial charge >= 0.3 is 0 Å². The molecule has 0 radical (unpaired) electrons. The van der Waals surface area contributed by atoms with Crippen molar-refractivity contribution in [2.24, 2.45) is 5.92 Å². The fourth-order valence-electron chi connectivity index (χ4n) is 2.30. The van der Waals surface area contributed by atoms with E-state index in [1.165, 1.54) is 5.56 Å². The Kier molecular flexibility index (Phi) is 6.01. The Balaban J connectivity index is 1.64. The summed E-state index contributed by atoms with van der Waals surface area (Å²) in [4.78, 5) is 23.3. The quantitative estimate of drug-likeness (QED) is 0.625. The zero-order valence-corrected chi connectivity index (χ0v) is 12.8. The van der Waals surface area contributed by atoms with Crippen LogP contribution in [0.4, 0.5) is 0 Å². The van der Waals surface area contributed by atoms with Gasteiger partial charge in [-0.05, 0) is 42.9 Å². The van der Waals surface area contributed by atoms with Crippen LogP contribution in [0.1, 0.15) is 31.7 Å². The highest BCUT2D eigenvalue weighted by atomic mass is 16.5. The Morgan fingerprint density at radius 2 is 1.91 bits per heavy atom. The van der Waals surface area contributed by atoms with Crippen LogP contribution in [-0.4, -0.2) is 18.4 Å². The van der Waals surface area contributed by atoms with E-state index in [9.17, 15) is 9.59 Å². The van der Waals surface area contributed by atoms with E-state index in [-0.39, 0.29) is 24.3 Å². The van der Waals surface area contributed by atoms with Crippen LogP contribution in [0.15, 0.2) is 36.4 Å². The third-order valence-corrected chi connectivity index (χ3v) is 3.60. The Hall–Kier alpha value is -2.30. The predicted molar refractivity (Wildman–Crippen MR) is 84.1 cm³/mol. The number of aryl methyl sites for hydroxylation is 1. The van der Waals surface area contributed by atoms with Crippen molar-refractivity contribution in [1.82, 2.24) is 10.9 Å². The number of allylic oxidation sites excluding steroid dienone is 2. The first kappa shape index (κ1) is 16.1. The summed E-state index contributed by atoms with van der Waals surface area (Å²) in [5.41, 5.74) is 5.99. The molecule has 1 atom stereocenters. The largest absolute Gasteiger partial charge is 0.484 e. The van der Waals surface area contributed by atoms with Gasteiger partial charge < -0.3 is 4.74 Å². The molecule has 0 spiro atoms. The zero-order valence-electron chi connectivity index (χ0n) is 12.8. The highest BCUT2D eigenvalue weighted by molar-refractivity contribution is 5.82. The summed E-state index contributed by atoms with van der Waals surface area (Å²) >= 11 is 0. The van der Waals surface area contributed by atoms with Gasteiger partial charge in [-0.25, -0.2) is 0 Å². The van der Waals surface area contributed by atoms with Crippen molar-refractivity contribution in [1.29, 1.82) is 0 Å². The number of benzene rings is 1. The van der Waals surface area contributed by atoms with E-state index in [0.717, 1.165) is 19.3 Å². The predicted octanol–water partition coefficient (Wildman–Crippen LogP) is 2.13. The number of hydrazine groups is 1. The molecular weight excluding hydrogens is 280 g/mol. The molecule has 0 unspecified atom stereocenters. The molecule has 1 aliphatic carbocycles. The Morgan fingerprint density at radius 1 is 1.18 bits per heavy atom. The van der Waals surface area contributed by atoms with E-state index < -0.39 is 0 Å². The van der Waals surface area contributed by atoms with Gasteiger partial charge in [-0.2, -0.15) is 0 Å². The second-order valence-corrected chi connectivity index (χ2v) is 5.35. The number of hydrogen-bond donors (Lipinski definition) is 2. The van der Waals surface area contributed by atoms with Crippen LogP contribution in [0, 0.1) is 5.92 Å². The van der Waals surface area contributed by atoms with Crippen molar-refractivity contribution in [2.45, 2.75) is 32.6 Å². The lowest BCUT2D eigenvalue weighted by molar-refractivity contribution is -0.130. The molecule has 0 saturated carbocycles. The van der Waals surface area contributed by atoms with Gasteiger partial charge in [0.05, 0.1) is 0 Å². The molecule has 2 N–H and O–H groups in total. The van der Waals surface area contributed by atoms with Crippen LogP contribution in [0.5, 0.6) is 5.75 Å². The van der Waals surface area contributed by atoms with E-state index >= 15 is 0 Å². The molecule has 0 fully saturated rings. The van der Waals surface area contributed by atoms with Crippen LogP contribution < -0.4 is 15.6 Å². The van der Waals surface area contributed by atoms with Gasteiger partial charge in [0.2, 0.25) is 5.91 Å². The normalized spacial score (nSPS) is 16.3. The molecule has 2 amide bonds. The first-order valence-corrected chi connectivity index (χ1v) is 7.63. The molecule has 118 valence electrons. The number of rotatable bonds is 6. The maximum Gasteiger partial charge on any atom is 0.276 e. The van der Waals surface area contributed by atoms with Gasteiger partial charge in [0.25, 0.3) is 5.91 Å². The first-order valence-electron chi connectivity index (χ1n) is 7.63. The number of amides is 2. The molecule has 22 heavy (non-hydrogen) atoms. The standard InChI is InChI=1S/C17H22N2O3/c1-2-13-7-9-15(10-8-13)22-12-17(21)19-18-16(20)11-14-5-3-4-6-14/h3,5,7-10,14H,2,4,6,11-12H2,1H3,(H,18,20)(H,19,21)/t14-/m0/s1. The number of carbonyl (C=O) groups excluding carboxylic acids is 2. The highest BCUT2D eigenvalue weighted by Gasteiger charge is 2.14. The minimum Gasteiger partial charge on any atom is -0.484 e. The summed E-state index contributed by atoms with van der Waals surface area (Å²) in [7, 11) is 0. The number of carbonyl (C=O) groups is 2. The van der Waals surface area contributed by atoms with Crippen molar-refractivity contribution in [3.8, 4) is 5.75 Å². The van der Waals surface area contributed by atoms with E-state index in [2.05, 4.69) is 23.9 Å². The lowest BCUT2D eigenvalue weighted by Gasteiger charge is -2.10. The maximum absolute atomic E-state index is 11.6. The topological polar surface area (TPSA) is 67.4 Å². The van der Waals surface area contributed by atoms with E-state index in [4.69, 9.17) is 4.74 Å². The van der Waals surface area contributed by atoms with Gasteiger partial charge in [-0.3, -0.25) is 20.4 Å². The molecule has 5 nitrogen and oxygen atoms in total. The fourth-order valence-corrected chi connectivity index (χ4v) is 2.30. The van der Waals surface area contributed by atoms with Gasteiger partial charge in [-0.15, -0.1) is 0 Å². The van der Waals surface area contributed by atoms with Crippen molar-refractivity contribution in [3.63, 3.8) is 0 Å². The SMILES string of the molecule is CCc1ccc(OCC(=O)NNC(=O)C[C@H]2C=CCC2)cc1. The second kappa shape index (κ2) is 8.22. The smallest absolute Gasteiger partial charge is 0.276 e. The Labute approximate surface area is 130 Å². The lowest BCUT2D eigenvalue weighted by atomic mass is 10.1. The van der Waals surface area contributed by atoms with Crippen LogP contribution in [-0.2, 0) is 16.0 Å². The monoisotopic (exact) mass is 302 g/mol. The van der Waals surface area contributed by atoms with Gasteiger partial charge in [-0.1, -0.05) is 31.2 Å². The molecule has 1 aliphatic rings. The maximum atomic E-state index is 11.6. The zero-order chi connectivity index (χ0) is 15.8. The molecule has 0 bridgehead atoms. The average molecular weight is 302 g/mol. The third-order valence-electron chi connectivity index (χ3n) is 3.60. The average Bonchev–Trinajstić information content (AvgIpc) is 3.04. The molecule has 0 saturated heterocycles. The lowest BCUT2D eigenvalue weighted by Crippen LogP contribution is -2.44. The van der Waals surface area contributed by atoms with Crippen LogP contribution >= 0.6 is 0 Å². The number of ether oxygens (including phenoxy) is 1. The minimum atomic E-state index is -0.380. The molecule has 1 aromatic carbocycles. The van der Waals surface area contributed by atoms with Gasteiger partial charge in [0.1, 0.15) is 5.75 Å². The van der Waals surface area contributed by atoms with Crippen LogP contribution in [0.2, 0.25) is 0 Å². The van der Waals surface area contributed by atoms with Crippen LogP contribution in [0.3, 0.4) is 0 Å². The number of hydrogen-bond acceptors (Lipinski definition) is 3. The summed E-state index contributed by atoms with van der Waals surface area (Å²) in [5.74, 6) is 0.354. The molecule has 5 heteroatoms. The molecule has 0 aromatic heterocycles. The van der Waals surface area contributed by atoms with E-state index in [1.807, 2.05) is 30.3 Å². The minimum absolute atomic E-state index is 0.130. The molecule has 1 aromatic rings. The second-order valence-electron chi connectivity index (χ2n) is 5.35. The number of nitrogens with one attached hydrogen (secondary N) is 2. The summed E-state index contributed by atoms with van der Waals surface area (Å²) in [6, 6.07) is 7.59. The Bertz CT molecular complexity index is 537. The summed E-state index contributed by atoms with van der Waals surface area (Å²) < 4.78 is 5.36. The molecule has 0 heterocycles. The third kappa shape index (κ3) is 5.24. The highest BCUT2D eigenvalue weighted by Crippen LogP contribution is 2.19. The molecular formula is C17H22N2O3. The van der Waals surface area contributed by atoms with Crippen molar-refractivity contribution in [3.05, 3.63) is 42.0 Å².